The molecule has 5 heteroatoms. The number of aromatic nitrogens is 1. The summed E-state index contributed by atoms with van der Waals surface area (Å²) in [6, 6.07) is 11.6. The van der Waals surface area contributed by atoms with E-state index in [-0.39, 0.29) is 12.5 Å². The molecule has 1 aromatic heterocycles. The smallest absolute Gasteiger partial charge is 0.250 e. The van der Waals surface area contributed by atoms with Crippen LogP contribution in [-0.4, -0.2) is 24.6 Å². The minimum atomic E-state index is -0.194. The highest BCUT2D eigenvalue weighted by Crippen LogP contribution is 2.30. The second-order valence-corrected chi connectivity index (χ2v) is 5.45. The molecule has 5 nitrogen and oxygen atoms in total. The number of hydrogen-bond acceptors (Lipinski definition) is 4. The summed E-state index contributed by atoms with van der Waals surface area (Å²) >= 11 is 0. The number of carbonyl (C=O) groups is 1. The van der Waals surface area contributed by atoms with Crippen LogP contribution < -0.4 is 5.32 Å². The van der Waals surface area contributed by atoms with Gasteiger partial charge < -0.3 is 14.5 Å². The summed E-state index contributed by atoms with van der Waals surface area (Å²) in [6.45, 7) is 3.96. The van der Waals surface area contributed by atoms with Crippen molar-refractivity contribution in [1.29, 1.82) is 0 Å². The van der Waals surface area contributed by atoms with E-state index in [2.05, 4.69) is 10.3 Å². The van der Waals surface area contributed by atoms with E-state index in [0.717, 1.165) is 33.5 Å². The lowest BCUT2D eigenvalue weighted by atomic mass is 10.1. The number of rotatable bonds is 4. The normalized spacial score (nSPS) is 10.9. The number of fused-ring (bicyclic) bond motifs is 1. The van der Waals surface area contributed by atoms with Crippen LogP contribution in [0.3, 0.4) is 0 Å². The number of hydrogen-bond donors (Lipinski definition) is 1. The molecule has 0 atom stereocenters. The highest BCUT2D eigenvalue weighted by molar-refractivity contribution is 5.93. The zero-order chi connectivity index (χ0) is 16.4. The van der Waals surface area contributed by atoms with Crippen molar-refractivity contribution < 1.29 is 13.9 Å². The van der Waals surface area contributed by atoms with E-state index in [4.69, 9.17) is 9.15 Å². The minimum absolute atomic E-state index is 0.0197. The quantitative estimate of drug-likeness (QED) is 0.798. The molecule has 0 unspecified atom stereocenters. The number of benzene rings is 2. The SMILES string of the molecule is COCC(=O)Nc1cccc(-c2nc3ccc(C)cc3o2)c1C. The topological polar surface area (TPSA) is 64.4 Å². The van der Waals surface area contributed by atoms with E-state index in [1.165, 1.54) is 7.11 Å². The fraction of sp³-hybridized carbons (Fsp3) is 0.222. The molecule has 3 rings (SSSR count). The zero-order valence-electron chi connectivity index (χ0n) is 13.3. The van der Waals surface area contributed by atoms with E-state index in [1.54, 1.807) is 0 Å². The summed E-state index contributed by atoms with van der Waals surface area (Å²) in [5, 5.41) is 2.83. The Hall–Kier alpha value is -2.66. The van der Waals surface area contributed by atoms with Crippen molar-refractivity contribution in [3.8, 4) is 11.5 Å². The van der Waals surface area contributed by atoms with Gasteiger partial charge in [-0.2, -0.15) is 0 Å². The number of ether oxygens (including phenoxy) is 1. The maximum atomic E-state index is 11.7. The van der Waals surface area contributed by atoms with E-state index >= 15 is 0 Å². The van der Waals surface area contributed by atoms with Gasteiger partial charge in [-0.15, -0.1) is 0 Å². The Balaban J connectivity index is 1.99. The molecule has 118 valence electrons. The molecule has 1 heterocycles. The molecule has 1 amide bonds. The molecule has 0 radical (unpaired) electrons. The fourth-order valence-corrected chi connectivity index (χ4v) is 2.47. The first-order valence-corrected chi connectivity index (χ1v) is 7.34. The van der Waals surface area contributed by atoms with Crippen LogP contribution in [0.4, 0.5) is 5.69 Å². The Morgan fingerprint density at radius 2 is 2.09 bits per heavy atom. The molecule has 3 aromatic rings. The number of aryl methyl sites for hydroxylation is 1. The monoisotopic (exact) mass is 310 g/mol. The lowest BCUT2D eigenvalue weighted by molar-refractivity contribution is -0.119. The summed E-state index contributed by atoms with van der Waals surface area (Å²) < 4.78 is 10.7. The Bertz CT molecular complexity index is 868. The van der Waals surface area contributed by atoms with Crippen molar-refractivity contribution in [2.75, 3.05) is 19.0 Å². The molecule has 0 bridgehead atoms. The number of anilines is 1. The Morgan fingerprint density at radius 3 is 2.87 bits per heavy atom. The minimum Gasteiger partial charge on any atom is -0.436 e. The van der Waals surface area contributed by atoms with Crippen LogP contribution in [0, 0.1) is 13.8 Å². The molecule has 0 aliphatic carbocycles. The fourth-order valence-electron chi connectivity index (χ4n) is 2.47. The first-order chi connectivity index (χ1) is 11.1. The Labute approximate surface area is 134 Å². The molecule has 0 aliphatic heterocycles. The molecule has 0 saturated heterocycles. The zero-order valence-corrected chi connectivity index (χ0v) is 13.3. The lowest BCUT2D eigenvalue weighted by Crippen LogP contribution is -2.17. The second kappa shape index (κ2) is 6.22. The predicted molar refractivity (Wildman–Crippen MR) is 89.4 cm³/mol. The molecule has 1 N–H and O–H groups in total. The molecule has 0 spiro atoms. The molecular formula is C18H18N2O3. The van der Waals surface area contributed by atoms with Crippen LogP contribution in [-0.2, 0) is 9.53 Å². The molecule has 0 fully saturated rings. The largest absolute Gasteiger partial charge is 0.436 e. The number of oxazole rings is 1. The first-order valence-electron chi connectivity index (χ1n) is 7.34. The lowest BCUT2D eigenvalue weighted by Gasteiger charge is -2.10. The van der Waals surface area contributed by atoms with Gasteiger partial charge in [0.25, 0.3) is 0 Å². The molecule has 0 aliphatic rings. The van der Waals surface area contributed by atoms with E-state index < -0.39 is 0 Å². The van der Waals surface area contributed by atoms with Crippen molar-refractivity contribution in [2.45, 2.75) is 13.8 Å². The van der Waals surface area contributed by atoms with Crippen LogP contribution in [0.2, 0.25) is 0 Å². The van der Waals surface area contributed by atoms with Crippen LogP contribution in [0.1, 0.15) is 11.1 Å². The number of nitrogens with zero attached hydrogens (tertiary/aromatic N) is 1. The summed E-state index contributed by atoms with van der Waals surface area (Å²) in [5.74, 6) is 0.354. The predicted octanol–water partition coefficient (Wildman–Crippen LogP) is 3.70. The van der Waals surface area contributed by atoms with Gasteiger partial charge in [-0.25, -0.2) is 4.98 Å². The van der Waals surface area contributed by atoms with Gasteiger partial charge in [-0.05, 0) is 49.2 Å². The highest BCUT2D eigenvalue weighted by atomic mass is 16.5. The molecule has 23 heavy (non-hydrogen) atoms. The Morgan fingerprint density at radius 1 is 1.26 bits per heavy atom. The number of carbonyl (C=O) groups excluding carboxylic acids is 1. The van der Waals surface area contributed by atoms with Crippen molar-refractivity contribution in [3.63, 3.8) is 0 Å². The van der Waals surface area contributed by atoms with Gasteiger partial charge in [0.1, 0.15) is 12.1 Å². The molecular weight excluding hydrogens is 292 g/mol. The Kier molecular flexibility index (Phi) is 4.12. The summed E-state index contributed by atoms with van der Waals surface area (Å²) in [7, 11) is 1.49. The number of methoxy groups -OCH3 is 1. The summed E-state index contributed by atoms with van der Waals surface area (Å²) in [6.07, 6.45) is 0. The van der Waals surface area contributed by atoms with Crippen LogP contribution in [0.15, 0.2) is 40.8 Å². The van der Waals surface area contributed by atoms with Crippen LogP contribution >= 0.6 is 0 Å². The average molecular weight is 310 g/mol. The van der Waals surface area contributed by atoms with Crippen molar-refractivity contribution in [3.05, 3.63) is 47.5 Å². The van der Waals surface area contributed by atoms with E-state index in [1.807, 2.05) is 50.2 Å². The van der Waals surface area contributed by atoms with Crippen molar-refractivity contribution in [2.24, 2.45) is 0 Å². The summed E-state index contributed by atoms with van der Waals surface area (Å²) in [4.78, 5) is 16.3. The first kappa shape index (κ1) is 15.2. The maximum absolute atomic E-state index is 11.7. The van der Waals surface area contributed by atoms with Crippen LogP contribution in [0.5, 0.6) is 0 Å². The van der Waals surface area contributed by atoms with Gasteiger partial charge >= 0.3 is 0 Å². The average Bonchev–Trinajstić information content (AvgIpc) is 2.92. The van der Waals surface area contributed by atoms with Gasteiger partial charge in [-0.1, -0.05) is 12.1 Å². The highest BCUT2D eigenvalue weighted by Gasteiger charge is 2.14. The maximum Gasteiger partial charge on any atom is 0.250 e. The third-order valence-corrected chi connectivity index (χ3v) is 3.66. The van der Waals surface area contributed by atoms with E-state index in [9.17, 15) is 4.79 Å². The molecule has 0 saturated carbocycles. The van der Waals surface area contributed by atoms with Gasteiger partial charge in [0.05, 0.1) is 0 Å². The van der Waals surface area contributed by atoms with Crippen LogP contribution in [0.25, 0.3) is 22.6 Å². The van der Waals surface area contributed by atoms with Crippen molar-refractivity contribution in [1.82, 2.24) is 4.98 Å². The van der Waals surface area contributed by atoms with E-state index in [0.29, 0.717) is 5.89 Å². The second-order valence-electron chi connectivity index (χ2n) is 5.45. The number of nitrogens with one attached hydrogen (secondary N) is 1. The third-order valence-electron chi connectivity index (χ3n) is 3.66. The van der Waals surface area contributed by atoms with Gasteiger partial charge in [-0.3, -0.25) is 4.79 Å². The number of amides is 1. The van der Waals surface area contributed by atoms with Gasteiger partial charge in [0.15, 0.2) is 5.58 Å². The molecule has 2 aromatic carbocycles. The third kappa shape index (κ3) is 3.10. The van der Waals surface area contributed by atoms with Gasteiger partial charge in [0.2, 0.25) is 11.8 Å². The summed E-state index contributed by atoms with van der Waals surface area (Å²) in [5.41, 5.74) is 5.18. The van der Waals surface area contributed by atoms with Gasteiger partial charge in [0, 0.05) is 18.4 Å². The standard InChI is InChI=1S/C18H18N2O3/c1-11-7-8-15-16(9-11)23-18(20-15)13-5-4-6-14(12(13)2)19-17(21)10-22-3/h4-9H,10H2,1-3H3,(H,19,21). The van der Waals surface area contributed by atoms with Crippen molar-refractivity contribution >= 4 is 22.7 Å².